The molecule has 0 saturated heterocycles. The fourth-order valence-corrected chi connectivity index (χ4v) is 4.46. The van der Waals surface area contributed by atoms with Gasteiger partial charge in [0.15, 0.2) is 5.82 Å². The van der Waals surface area contributed by atoms with E-state index in [-0.39, 0.29) is 5.91 Å². The van der Waals surface area contributed by atoms with Crippen molar-refractivity contribution < 1.29 is 4.79 Å². The van der Waals surface area contributed by atoms with Crippen LogP contribution >= 0.6 is 0 Å². The zero-order valence-corrected chi connectivity index (χ0v) is 17.2. The molecule has 0 bridgehead atoms. The first-order chi connectivity index (χ1) is 15.2. The number of nitrogens with one attached hydrogen (secondary N) is 2. The molecule has 4 N–H and O–H groups in total. The Labute approximate surface area is 180 Å². The van der Waals surface area contributed by atoms with Gasteiger partial charge < -0.3 is 11.1 Å². The number of pyridine rings is 1. The number of hydrogen-bond acceptors (Lipinski definition) is 4. The summed E-state index contributed by atoms with van der Waals surface area (Å²) in [6.45, 7) is 0.575. The molecule has 0 spiro atoms. The number of hydrogen-bond donors (Lipinski definition) is 3. The maximum Gasteiger partial charge on any atom is 0.229 e. The molecule has 1 fully saturated rings. The van der Waals surface area contributed by atoms with Crippen molar-refractivity contribution in [2.75, 3.05) is 5.32 Å². The topological polar surface area (TPSA) is 96.7 Å². The summed E-state index contributed by atoms with van der Waals surface area (Å²) in [5, 5.41) is 11.3. The standard InChI is InChI=1S/C25H25N5O/c26-15-18-4-1-2-6-21(18)19-12-20(13-19)23-14-24(30-29-23)28-25(31)11-16-7-8-22-17(10-16)5-3-9-27-22/h1-10,14,19-20H,11-13,15,26H2,(H2,28,29,30,31). The highest BCUT2D eigenvalue weighted by Crippen LogP contribution is 2.48. The second-order valence-electron chi connectivity index (χ2n) is 8.23. The minimum atomic E-state index is -0.0790. The van der Waals surface area contributed by atoms with Gasteiger partial charge >= 0.3 is 0 Å². The molecule has 5 rings (SSSR count). The average molecular weight is 412 g/mol. The van der Waals surface area contributed by atoms with Gasteiger partial charge in [0.2, 0.25) is 5.91 Å². The van der Waals surface area contributed by atoms with Crippen LogP contribution in [0, 0.1) is 0 Å². The Kier molecular flexibility index (Phi) is 5.22. The van der Waals surface area contributed by atoms with Gasteiger partial charge in [-0.05, 0) is 53.6 Å². The number of rotatable bonds is 6. The minimum absolute atomic E-state index is 0.0790. The van der Waals surface area contributed by atoms with E-state index in [0.717, 1.165) is 35.0 Å². The molecule has 2 aromatic heterocycles. The lowest BCUT2D eigenvalue weighted by molar-refractivity contribution is -0.115. The first kappa shape index (κ1) is 19.5. The van der Waals surface area contributed by atoms with Gasteiger partial charge in [-0.2, -0.15) is 5.10 Å². The zero-order chi connectivity index (χ0) is 21.2. The van der Waals surface area contributed by atoms with Gasteiger partial charge in [-0.3, -0.25) is 14.9 Å². The van der Waals surface area contributed by atoms with Gasteiger partial charge in [0.25, 0.3) is 0 Å². The molecule has 1 amide bonds. The van der Waals surface area contributed by atoms with E-state index in [4.69, 9.17) is 5.73 Å². The normalized spacial score (nSPS) is 18.0. The van der Waals surface area contributed by atoms with Crippen LogP contribution in [-0.4, -0.2) is 21.1 Å². The molecule has 1 aliphatic rings. The number of H-pyrrole nitrogens is 1. The highest BCUT2D eigenvalue weighted by atomic mass is 16.1. The summed E-state index contributed by atoms with van der Waals surface area (Å²) < 4.78 is 0. The number of carbonyl (C=O) groups is 1. The first-order valence-electron chi connectivity index (χ1n) is 10.7. The van der Waals surface area contributed by atoms with Crippen LogP contribution in [0.3, 0.4) is 0 Å². The summed E-state index contributed by atoms with van der Waals surface area (Å²) in [5.74, 6) is 1.47. The Morgan fingerprint density at radius 2 is 1.94 bits per heavy atom. The molecule has 6 heteroatoms. The lowest BCUT2D eigenvalue weighted by Crippen LogP contribution is -2.22. The number of nitrogens with two attached hydrogens (primary N) is 1. The van der Waals surface area contributed by atoms with E-state index in [1.807, 2.05) is 42.5 Å². The Hall–Kier alpha value is -3.51. The monoisotopic (exact) mass is 411 g/mol. The molecule has 0 unspecified atom stereocenters. The van der Waals surface area contributed by atoms with Crippen LogP contribution in [0.15, 0.2) is 66.9 Å². The fraction of sp³-hybridized carbons (Fsp3) is 0.240. The highest BCUT2D eigenvalue weighted by molar-refractivity contribution is 5.92. The maximum absolute atomic E-state index is 12.5. The first-order valence-corrected chi connectivity index (χ1v) is 10.7. The van der Waals surface area contributed by atoms with Crippen LogP contribution in [0.1, 0.15) is 47.1 Å². The van der Waals surface area contributed by atoms with Crippen LogP contribution in [0.2, 0.25) is 0 Å². The Balaban J connectivity index is 1.19. The van der Waals surface area contributed by atoms with Crippen LogP contribution in [0.5, 0.6) is 0 Å². The summed E-state index contributed by atoms with van der Waals surface area (Å²) in [7, 11) is 0. The molecule has 4 aromatic rings. The highest BCUT2D eigenvalue weighted by Gasteiger charge is 2.33. The molecule has 1 saturated carbocycles. The number of anilines is 1. The van der Waals surface area contributed by atoms with Crippen LogP contribution in [0.4, 0.5) is 5.82 Å². The van der Waals surface area contributed by atoms with Gasteiger partial charge in [0.05, 0.1) is 11.9 Å². The number of aromatic nitrogens is 3. The Morgan fingerprint density at radius 1 is 1.06 bits per heavy atom. The number of carbonyl (C=O) groups excluding carboxylic acids is 1. The smallest absolute Gasteiger partial charge is 0.229 e. The van der Waals surface area contributed by atoms with Crippen molar-refractivity contribution in [3.05, 3.63) is 89.2 Å². The molecule has 0 aliphatic heterocycles. The van der Waals surface area contributed by atoms with Gasteiger partial charge in [0, 0.05) is 35.8 Å². The third-order valence-corrected chi connectivity index (χ3v) is 6.19. The third-order valence-electron chi connectivity index (χ3n) is 6.19. The lowest BCUT2D eigenvalue weighted by Gasteiger charge is -2.36. The van der Waals surface area contributed by atoms with E-state index in [0.29, 0.717) is 30.6 Å². The molecule has 2 heterocycles. The van der Waals surface area contributed by atoms with Crippen LogP contribution in [-0.2, 0) is 17.8 Å². The quantitative estimate of drug-likeness (QED) is 0.442. The molecular weight excluding hydrogens is 386 g/mol. The summed E-state index contributed by atoms with van der Waals surface area (Å²) in [6, 6.07) is 20.2. The van der Waals surface area contributed by atoms with Crippen molar-refractivity contribution in [2.24, 2.45) is 5.73 Å². The van der Waals surface area contributed by atoms with Gasteiger partial charge in [-0.15, -0.1) is 0 Å². The molecule has 156 valence electrons. The van der Waals surface area contributed by atoms with Gasteiger partial charge in [0.1, 0.15) is 0 Å². The van der Waals surface area contributed by atoms with E-state index in [2.05, 4.69) is 38.7 Å². The fourth-order valence-electron chi connectivity index (χ4n) is 4.46. The van der Waals surface area contributed by atoms with Crippen molar-refractivity contribution in [1.82, 2.24) is 15.2 Å². The van der Waals surface area contributed by atoms with Crippen molar-refractivity contribution in [1.29, 1.82) is 0 Å². The summed E-state index contributed by atoms with van der Waals surface area (Å²) in [6.07, 6.45) is 4.20. The van der Waals surface area contributed by atoms with Crippen molar-refractivity contribution in [3.63, 3.8) is 0 Å². The summed E-state index contributed by atoms with van der Waals surface area (Å²) in [5.41, 5.74) is 11.4. The molecular formula is C25H25N5O. The summed E-state index contributed by atoms with van der Waals surface area (Å²) >= 11 is 0. The second-order valence-corrected chi connectivity index (χ2v) is 8.23. The van der Waals surface area contributed by atoms with Crippen molar-refractivity contribution in [3.8, 4) is 0 Å². The SMILES string of the molecule is NCc1ccccc1C1CC(c2cc(NC(=O)Cc3ccc4ncccc4c3)n[nH]2)C1. The number of fused-ring (bicyclic) bond motifs is 1. The Bertz CT molecular complexity index is 1230. The predicted octanol–water partition coefficient (Wildman–Crippen LogP) is 4.26. The lowest BCUT2D eigenvalue weighted by atomic mass is 9.69. The number of aromatic amines is 1. The number of amides is 1. The maximum atomic E-state index is 12.5. The largest absolute Gasteiger partial charge is 0.326 e. The van der Waals surface area contributed by atoms with E-state index in [9.17, 15) is 4.79 Å². The van der Waals surface area contributed by atoms with Crippen molar-refractivity contribution in [2.45, 2.75) is 37.6 Å². The van der Waals surface area contributed by atoms with Gasteiger partial charge in [-0.1, -0.05) is 36.4 Å². The molecule has 0 radical (unpaired) electrons. The van der Waals surface area contributed by atoms with E-state index in [1.54, 1.807) is 6.20 Å². The number of nitrogens with zero attached hydrogens (tertiary/aromatic N) is 2. The van der Waals surface area contributed by atoms with E-state index >= 15 is 0 Å². The zero-order valence-electron chi connectivity index (χ0n) is 17.2. The molecule has 31 heavy (non-hydrogen) atoms. The van der Waals surface area contributed by atoms with Crippen LogP contribution in [0.25, 0.3) is 10.9 Å². The van der Waals surface area contributed by atoms with E-state index < -0.39 is 0 Å². The van der Waals surface area contributed by atoms with Crippen molar-refractivity contribution >= 4 is 22.6 Å². The Morgan fingerprint density at radius 3 is 2.81 bits per heavy atom. The molecule has 0 atom stereocenters. The minimum Gasteiger partial charge on any atom is -0.326 e. The molecule has 6 nitrogen and oxygen atoms in total. The number of benzene rings is 2. The molecule has 1 aliphatic carbocycles. The van der Waals surface area contributed by atoms with Crippen LogP contribution < -0.4 is 11.1 Å². The molecule has 2 aromatic carbocycles. The predicted molar refractivity (Wildman–Crippen MR) is 122 cm³/mol. The third kappa shape index (κ3) is 4.07. The second kappa shape index (κ2) is 8.32. The average Bonchev–Trinajstić information content (AvgIpc) is 3.20. The summed E-state index contributed by atoms with van der Waals surface area (Å²) in [4.78, 5) is 16.8. The van der Waals surface area contributed by atoms with E-state index in [1.165, 1.54) is 11.1 Å². The van der Waals surface area contributed by atoms with Gasteiger partial charge in [-0.25, -0.2) is 0 Å².